The first kappa shape index (κ1) is 13.8. The van der Waals surface area contributed by atoms with E-state index in [4.69, 9.17) is 0 Å². The Morgan fingerprint density at radius 3 is 2.68 bits per heavy atom. The summed E-state index contributed by atoms with van der Waals surface area (Å²) in [7, 11) is 2.08. The summed E-state index contributed by atoms with van der Waals surface area (Å²) in [4.78, 5) is 20.3. The molecule has 5 heteroatoms. The van der Waals surface area contributed by atoms with Crippen molar-refractivity contribution in [3.05, 3.63) is 22.9 Å². The zero-order chi connectivity index (χ0) is 14.2. The van der Waals surface area contributed by atoms with Crippen LogP contribution >= 0.6 is 0 Å². The molecule has 0 saturated carbocycles. The highest BCUT2D eigenvalue weighted by Gasteiger charge is 2.27. The van der Waals surface area contributed by atoms with E-state index in [9.17, 15) is 9.90 Å². The van der Waals surface area contributed by atoms with E-state index in [1.54, 1.807) is 0 Å². The molecule has 1 atom stereocenters. The van der Waals surface area contributed by atoms with Crippen molar-refractivity contribution in [1.29, 1.82) is 0 Å². The minimum atomic E-state index is -0.897. The maximum atomic E-state index is 11.5. The molecule has 2 rings (SSSR count). The lowest BCUT2D eigenvalue weighted by Gasteiger charge is -2.39. The van der Waals surface area contributed by atoms with Gasteiger partial charge in [0, 0.05) is 31.4 Å². The number of nitrogens with zero attached hydrogens (tertiary/aromatic N) is 3. The molecule has 2 heterocycles. The van der Waals surface area contributed by atoms with E-state index in [0.717, 1.165) is 30.9 Å². The molecule has 1 fully saturated rings. The number of anilines is 1. The third kappa shape index (κ3) is 2.71. The smallest absolute Gasteiger partial charge is 0.339 e. The number of aromatic carboxylic acids is 1. The molecule has 0 radical (unpaired) electrons. The van der Waals surface area contributed by atoms with Crippen molar-refractivity contribution in [3.8, 4) is 0 Å². The van der Waals surface area contributed by atoms with Crippen LogP contribution in [0.1, 0.15) is 28.5 Å². The Kier molecular flexibility index (Phi) is 3.75. The quantitative estimate of drug-likeness (QED) is 0.877. The number of likely N-dealkylation sites (N-methyl/N-ethyl adjacent to an activating group) is 1. The summed E-state index contributed by atoms with van der Waals surface area (Å²) in [5.41, 5.74) is 1.98. The first-order valence-electron chi connectivity index (χ1n) is 6.57. The molecule has 19 heavy (non-hydrogen) atoms. The second-order valence-electron chi connectivity index (χ2n) is 5.39. The highest BCUT2D eigenvalue weighted by molar-refractivity contribution is 5.95. The number of carboxylic acid groups (broad SMARTS) is 1. The van der Waals surface area contributed by atoms with Gasteiger partial charge in [-0.15, -0.1) is 0 Å². The fraction of sp³-hybridized carbons (Fsp3) is 0.571. The van der Waals surface area contributed by atoms with E-state index in [1.807, 2.05) is 19.9 Å². The van der Waals surface area contributed by atoms with Gasteiger partial charge in [0.1, 0.15) is 11.4 Å². The maximum absolute atomic E-state index is 11.5. The van der Waals surface area contributed by atoms with Crippen molar-refractivity contribution in [2.24, 2.45) is 0 Å². The van der Waals surface area contributed by atoms with E-state index in [-0.39, 0.29) is 6.04 Å². The second-order valence-corrected chi connectivity index (χ2v) is 5.39. The standard InChI is InChI=1S/C14H21N3O2/c1-9-7-10(2)15-13(12(9)14(18)19)17-6-5-16(4)8-11(17)3/h7,11H,5-6,8H2,1-4H3,(H,18,19). The van der Waals surface area contributed by atoms with Gasteiger partial charge in [0.15, 0.2) is 0 Å². The minimum absolute atomic E-state index is 0.269. The first-order chi connectivity index (χ1) is 8.90. The fourth-order valence-electron chi connectivity index (χ4n) is 2.74. The molecule has 1 saturated heterocycles. The topological polar surface area (TPSA) is 56.7 Å². The van der Waals surface area contributed by atoms with Crippen molar-refractivity contribution in [1.82, 2.24) is 9.88 Å². The summed E-state index contributed by atoms with van der Waals surface area (Å²) in [6.45, 7) is 8.52. The van der Waals surface area contributed by atoms with Crippen LogP contribution in [-0.4, -0.2) is 53.7 Å². The molecule has 1 aliphatic heterocycles. The molecule has 0 amide bonds. The highest BCUT2D eigenvalue weighted by Crippen LogP contribution is 2.26. The fourth-order valence-corrected chi connectivity index (χ4v) is 2.74. The zero-order valence-corrected chi connectivity index (χ0v) is 12.0. The lowest BCUT2D eigenvalue weighted by molar-refractivity contribution is 0.0696. The SMILES string of the molecule is Cc1cc(C)c(C(=O)O)c(N2CCN(C)CC2C)n1. The van der Waals surface area contributed by atoms with Gasteiger partial charge >= 0.3 is 5.97 Å². The van der Waals surface area contributed by atoms with Crippen LogP contribution in [0.25, 0.3) is 0 Å². The van der Waals surface area contributed by atoms with Crippen molar-refractivity contribution < 1.29 is 9.90 Å². The zero-order valence-electron chi connectivity index (χ0n) is 12.0. The molecule has 0 spiro atoms. The Labute approximate surface area is 113 Å². The van der Waals surface area contributed by atoms with Gasteiger partial charge < -0.3 is 14.9 Å². The van der Waals surface area contributed by atoms with Gasteiger partial charge in [0.25, 0.3) is 0 Å². The summed E-state index contributed by atoms with van der Waals surface area (Å²) < 4.78 is 0. The molecule has 1 aromatic rings. The first-order valence-corrected chi connectivity index (χ1v) is 6.57. The second kappa shape index (κ2) is 5.17. The van der Waals surface area contributed by atoms with Crippen LogP contribution in [0.5, 0.6) is 0 Å². The molecule has 104 valence electrons. The monoisotopic (exact) mass is 263 g/mol. The Bertz CT molecular complexity index is 502. The molecule has 1 aliphatic rings. The largest absolute Gasteiger partial charge is 0.478 e. The average Bonchev–Trinajstić information content (AvgIpc) is 2.26. The van der Waals surface area contributed by atoms with Gasteiger partial charge in [0.2, 0.25) is 0 Å². The summed E-state index contributed by atoms with van der Waals surface area (Å²) in [6, 6.07) is 2.10. The minimum Gasteiger partial charge on any atom is -0.478 e. The predicted molar refractivity (Wildman–Crippen MR) is 75.0 cm³/mol. The molecule has 0 bridgehead atoms. The summed E-state index contributed by atoms with van der Waals surface area (Å²) in [6.07, 6.45) is 0. The Morgan fingerprint density at radius 1 is 1.42 bits per heavy atom. The lowest BCUT2D eigenvalue weighted by atomic mass is 10.1. The van der Waals surface area contributed by atoms with Gasteiger partial charge in [-0.1, -0.05) is 0 Å². The van der Waals surface area contributed by atoms with Crippen LogP contribution in [0.3, 0.4) is 0 Å². The van der Waals surface area contributed by atoms with Gasteiger partial charge in [-0.05, 0) is 39.4 Å². The number of carbonyl (C=O) groups is 1. The van der Waals surface area contributed by atoms with Crippen molar-refractivity contribution in [2.75, 3.05) is 31.6 Å². The van der Waals surface area contributed by atoms with Crippen molar-refractivity contribution in [3.63, 3.8) is 0 Å². The number of hydrogen-bond acceptors (Lipinski definition) is 4. The highest BCUT2D eigenvalue weighted by atomic mass is 16.4. The van der Waals surface area contributed by atoms with Gasteiger partial charge in [0.05, 0.1) is 0 Å². The van der Waals surface area contributed by atoms with E-state index in [2.05, 4.69) is 28.8 Å². The van der Waals surface area contributed by atoms with E-state index < -0.39 is 5.97 Å². The number of hydrogen-bond donors (Lipinski definition) is 1. The van der Waals surface area contributed by atoms with Crippen LogP contribution in [0.2, 0.25) is 0 Å². The molecular weight excluding hydrogens is 242 g/mol. The van der Waals surface area contributed by atoms with Crippen LogP contribution in [0, 0.1) is 13.8 Å². The number of aryl methyl sites for hydroxylation is 2. The maximum Gasteiger partial charge on any atom is 0.339 e. The number of pyridine rings is 1. The number of rotatable bonds is 2. The molecule has 1 N–H and O–H groups in total. The van der Waals surface area contributed by atoms with Gasteiger partial charge in [-0.2, -0.15) is 0 Å². The van der Waals surface area contributed by atoms with Crippen molar-refractivity contribution in [2.45, 2.75) is 26.8 Å². The van der Waals surface area contributed by atoms with Crippen LogP contribution in [-0.2, 0) is 0 Å². The number of aromatic nitrogens is 1. The number of piperazine rings is 1. The van der Waals surface area contributed by atoms with Gasteiger partial charge in [-0.25, -0.2) is 9.78 Å². The van der Waals surface area contributed by atoms with Crippen molar-refractivity contribution >= 4 is 11.8 Å². The average molecular weight is 263 g/mol. The summed E-state index contributed by atoms with van der Waals surface area (Å²) >= 11 is 0. The third-order valence-electron chi connectivity index (χ3n) is 3.64. The van der Waals surface area contributed by atoms with E-state index in [0.29, 0.717) is 11.4 Å². The van der Waals surface area contributed by atoms with E-state index in [1.165, 1.54) is 0 Å². The van der Waals surface area contributed by atoms with E-state index >= 15 is 0 Å². The van der Waals surface area contributed by atoms with Crippen LogP contribution < -0.4 is 4.90 Å². The Balaban J connectivity index is 2.46. The Morgan fingerprint density at radius 2 is 2.11 bits per heavy atom. The Hall–Kier alpha value is -1.62. The molecule has 0 aliphatic carbocycles. The number of carboxylic acids is 1. The molecule has 1 aromatic heterocycles. The molecular formula is C14H21N3O2. The predicted octanol–water partition coefficient (Wildman–Crippen LogP) is 1.54. The summed E-state index contributed by atoms with van der Waals surface area (Å²) in [5.74, 6) is -0.281. The summed E-state index contributed by atoms with van der Waals surface area (Å²) in [5, 5.41) is 9.43. The van der Waals surface area contributed by atoms with Crippen LogP contribution in [0.4, 0.5) is 5.82 Å². The normalized spacial score (nSPS) is 20.6. The van der Waals surface area contributed by atoms with Crippen LogP contribution in [0.15, 0.2) is 6.07 Å². The third-order valence-corrected chi connectivity index (χ3v) is 3.64. The lowest BCUT2D eigenvalue weighted by Crippen LogP contribution is -2.51. The van der Waals surface area contributed by atoms with Gasteiger partial charge in [-0.3, -0.25) is 0 Å². The molecule has 1 unspecified atom stereocenters. The molecule has 5 nitrogen and oxygen atoms in total. The molecule has 0 aromatic carbocycles.